The van der Waals surface area contributed by atoms with Gasteiger partial charge in [0.05, 0.1) is 6.54 Å². The molecule has 0 atom stereocenters. The van der Waals surface area contributed by atoms with E-state index >= 15 is 0 Å². The summed E-state index contributed by atoms with van der Waals surface area (Å²) in [4.78, 5) is 20.7. The SMILES string of the molecule is O=C(C=CC1CCCCC1)NC1=NC/C(=C\CC2CCCCC2)C=N1. The summed E-state index contributed by atoms with van der Waals surface area (Å²) in [6, 6.07) is 0. The lowest BCUT2D eigenvalue weighted by molar-refractivity contribution is -0.115. The number of hydrogen-bond donors (Lipinski definition) is 1. The van der Waals surface area contributed by atoms with Gasteiger partial charge in [0.1, 0.15) is 0 Å². The molecule has 0 aromatic rings. The lowest BCUT2D eigenvalue weighted by atomic mass is 9.86. The van der Waals surface area contributed by atoms with Gasteiger partial charge in [0.2, 0.25) is 11.9 Å². The van der Waals surface area contributed by atoms with Crippen LogP contribution in [0.2, 0.25) is 0 Å². The lowest BCUT2D eigenvalue weighted by Crippen LogP contribution is -2.29. The first-order valence-electron chi connectivity index (χ1n) is 10.1. The number of carbonyl (C=O) groups is 1. The molecule has 1 heterocycles. The van der Waals surface area contributed by atoms with E-state index in [0.717, 1.165) is 12.3 Å². The number of nitrogens with one attached hydrogen (secondary N) is 1. The van der Waals surface area contributed by atoms with Crippen molar-refractivity contribution in [1.82, 2.24) is 5.32 Å². The number of hydrogen-bond acceptors (Lipinski definition) is 3. The Bertz CT molecular complexity index is 562. The molecule has 0 unspecified atom stereocenters. The highest BCUT2D eigenvalue weighted by atomic mass is 16.1. The van der Waals surface area contributed by atoms with Gasteiger partial charge >= 0.3 is 0 Å². The molecule has 25 heavy (non-hydrogen) atoms. The lowest BCUT2D eigenvalue weighted by Gasteiger charge is -2.20. The predicted molar refractivity (Wildman–Crippen MR) is 104 cm³/mol. The van der Waals surface area contributed by atoms with E-state index in [1.165, 1.54) is 69.8 Å². The van der Waals surface area contributed by atoms with Crippen molar-refractivity contribution in [3.05, 3.63) is 23.8 Å². The highest BCUT2D eigenvalue weighted by Gasteiger charge is 2.13. The van der Waals surface area contributed by atoms with Crippen molar-refractivity contribution in [3.8, 4) is 0 Å². The largest absolute Gasteiger partial charge is 0.291 e. The second kappa shape index (κ2) is 9.69. The standard InChI is InChI=1S/C21H31N3O/c25-20(14-13-18-9-5-2-6-10-18)24-21-22-15-19(16-23-21)12-11-17-7-3-1-4-8-17/h12-15,17-18H,1-11,16H2,(H,23,24,25)/b14-13?,19-12-. The number of allylic oxidation sites excluding steroid dienone is 2. The summed E-state index contributed by atoms with van der Waals surface area (Å²) < 4.78 is 0. The van der Waals surface area contributed by atoms with Crippen LogP contribution < -0.4 is 5.32 Å². The Labute approximate surface area is 151 Å². The number of carbonyl (C=O) groups excluding carboxylic acids is 1. The Morgan fingerprint density at radius 1 is 1.08 bits per heavy atom. The summed E-state index contributed by atoms with van der Waals surface area (Å²) in [7, 11) is 0. The molecule has 1 N–H and O–H groups in total. The third-order valence-electron chi connectivity index (χ3n) is 5.61. The van der Waals surface area contributed by atoms with Crippen LogP contribution in [-0.4, -0.2) is 24.6 Å². The third-order valence-corrected chi connectivity index (χ3v) is 5.61. The maximum absolute atomic E-state index is 12.0. The summed E-state index contributed by atoms with van der Waals surface area (Å²) in [5.41, 5.74) is 1.17. The topological polar surface area (TPSA) is 53.8 Å². The van der Waals surface area contributed by atoms with Crippen LogP contribution in [0.4, 0.5) is 0 Å². The molecule has 0 radical (unpaired) electrons. The minimum Gasteiger partial charge on any atom is -0.291 e. The van der Waals surface area contributed by atoms with Gasteiger partial charge in [-0.05, 0) is 42.7 Å². The monoisotopic (exact) mass is 341 g/mol. The van der Waals surface area contributed by atoms with E-state index in [9.17, 15) is 4.79 Å². The van der Waals surface area contributed by atoms with Gasteiger partial charge in [-0.15, -0.1) is 0 Å². The molecule has 0 aromatic carbocycles. The van der Waals surface area contributed by atoms with Gasteiger partial charge < -0.3 is 0 Å². The molecule has 2 fully saturated rings. The van der Waals surface area contributed by atoms with E-state index in [2.05, 4.69) is 27.5 Å². The molecule has 2 aliphatic carbocycles. The summed E-state index contributed by atoms with van der Waals surface area (Å²) in [6.07, 6.45) is 22.2. The average Bonchev–Trinajstić information content (AvgIpc) is 2.67. The molecule has 0 saturated heterocycles. The summed E-state index contributed by atoms with van der Waals surface area (Å²) >= 11 is 0. The van der Waals surface area contributed by atoms with Crippen LogP contribution in [0.25, 0.3) is 0 Å². The molecule has 4 nitrogen and oxygen atoms in total. The summed E-state index contributed by atoms with van der Waals surface area (Å²) in [6.45, 7) is 0.623. The van der Waals surface area contributed by atoms with E-state index in [0.29, 0.717) is 18.4 Å². The molecule has 4 heteroatoms. The maximum Gasteiger partial charge on any atom is 0.250 e. The van der Waals surface area contributed by atoms with Crippen LogP contribution >= 0.6 is 0 Å². The van der Waals surface area contributed by atoms with E-state index in [1.807, 2.05) is 6.21 Å². The van der Waals surface area contributed by atoms with Gasteiger partial charge in [0.15, 0.2) is 0 Å². The molecule has 136 valence electrons. The fourth-order valence-corrected chi connectivity index (χ4v) is 4.02. The average molecular weight is 341 g/mol. The van der Waals surface area contributed by atoms with Crippen LogP contribution in [-0.2, 0) is 4.79 Å². The molecule has 1 aliphatic heterocycles. The van der Waals surface area contributed by atoms with Crippen LogP contribution in [0.15, 0.2) is 33.8 Å². The van der Waals surface area contributed by atoms with Crippen LogP contribution in [0.5, 0.6) is 0 Å². The summed E-state index contributed by atoms with van der Waals surface area (Å²) in [5, 5.41) is 2.78. The van der Waals surface area contributed by atoms with Crippen molar-refractivity contribution in [2.45, 2.75) is 70.6 Å². The fraction of sp³-hybridized carbons (Fsp3) is 0.667. The number of rotatable bonds is 4. The molecular weight excluding hydrogens is 310 g/mol. The smallest absolute Gasteiger partial charge is 0.250 e. The van der Waals surface area contributed by atoms with Crippen molar-refractivity contribution in [3.63, 3.8) is 0 Å². The zero-order valence-corrected chi connectivity index (χ0v) is 15.3. The first-order valence-corrected chi connectivity index (χ1v) is 10.1. The normalized spacial score (nSPS) is 24.6. The second-order valence-electron chi connectivity index (χ2n) is 7.66. The number of amides is 1. The molecule has 1 amide bonds. The quantitative estimate of drug-likeness (QED) is 0.748. The molecule has 3 rings (SSSR count). The zero-order chi connectivity index (χ0) is 17.3. The third kappa shape index (κ3) is 6.26. The van der Waals surface area contributed by atoms with Crippen LogP contribution in [0.3, 0.4) is 0 Å². The summed E-state index contributed by atoms with van der Waals surface area (Å²) in [5.74, 6) is 1.72. The molecule has 0 aromatic heterocycles. The van der Waals surface area contributed by atoms with Crippen molar-refractivity contribution in [2.75, 3.05) is 6.54 Å². The zero-order valence-electron chi connectivity index (χ0n) is 15.3. The Hall–Kier alpha value is -1.71. The van der Waals surface area contributed by atoms with E-state index in [-0.39, 0.29) is 5.91 Å². The van der Waals surface area contributed by atoms with Crippen molar-refractivity contribution in [2.24, 2.45) is 21.8 Å². The molecule has 0 bridgehead atoms. The maximum atomic E-state index is 12.0. The van der Waals surface area contributed by atoms with Crippen molar-refractivity contribution in [1.29, 1.82) is 0 Å². The molecular formula is C21H31N3O. The Morgan fingerprint density at radius 3 is 2.48 bits per heavy atom. The highest BCUT2D eigenvalue weighted by molar-refractivity contribution is 6.06. The second-order valence-corrected chi connectivity index (χ2v) is 7.66. The first kappa shape index (κ1) is 18.1. The van der Waals surface area contributed by atoms with Gasteiger partial charge in [0, 0.05) is 6.21 Å². The van der Waals surface area contributed by atoms with E-state index < -0.39 is 0 Å². The van der Waals surface area contributed by atoms with Crippen LogP contribution in [0.1, 0.15) is 70.6 Å². The van der Waals surface area contributed by atoms with E-state index in [4.69, 9.17) is 0 Å². The van der Waals surface area contributed by atoms with Crippen molar-refractivity contribution < 1.29 is 4.79 Å². The Kier molecular flexibility index (Phi) is 7.01. The minimum absolute atomic E-state index is 0.115. The Morgan fingerprint density at radius 2 is 1.80 bits per heavy atom. The predicted octanol–water partition coefficient (Wildman–Crippen LogP) is 4.58. The molecule has 3 aliphatic rings. The van der Waals surface area contributed by atoms with Gasteiger partial charge in [-0.2, -0.15) is 0 Å². The van der Waals surface area contributed by atoms with Gasteiger partial charge in [0.25, 0.3) is 0 Å². The fourth-order valence-electron chi connectivity index (χ4n) is 4.02. The van der Waals surface area contributed by atoms with E-state index in [1.54, 1.807) is 6.08 Å². The van der Waals surface area contributed by atoms with Crippen molar-refractivity contribution >= 4 is 18.1 Å². The number of guanidine groups is 1. The van der Waals surface area contributed by atoms with Gasteiger partial charge in [-0.1, -0.05) is 63.5 Å². The minimum atomic E-state index is -0.115. The number of aliphatic imine (C=N–C) groups is 2. The molecule has 0 spiro atoms. The van der Waals surface area contributed by atoms with Gasteiger partial charge in [-0.25, -0.2) is 9.98 Å². The van der Waals surface area contributed by atoms with Gasteiger partial charge in [-0.3, -0.25) is 10.1 Å². The highest BCUT2D eigenvalue weighted by Crippen LogP contribution is 2.27. The number of nitrogens with zero attached hydrogens (tertiary/aromatic N) is 2. The molecule has 2 saturated carbocycles. The first-order chi connectivity index (χ1) is 12.3. The van der Waals surface area contributed by atoms with Crippen LogP contribution in [0, 0.1) is 11.8 Å². The Balaban J connectivity index is 1.40.